The van der Waals surface area contributed by atoms with Crippen LogP contribution in [-0.2, 0) is 6.54 Å². The van der Waals surface area contributed by atoms with Crippen molar-refractivity contribution in [3.63, 3.8) is 0 Å². The maximum atomic E-state index is 8.77. The van der Waals surface area contributed by atoms with Gasteiger partial charge in [0.05, 0.1) is 6.61 Å². The molecule has 3 nitrogen and oxygen atoms in total. The van der Waals surface area contributed by atoms with Crippen LogP contribution in [0.25, 0.3) is 0 Å². The lowest BCUT2D eigenvalue weighted by molar-refractivity contribution is 0.0771. The first-order valence-electron chi connectivity index (χ1n) is 4.44. The van der Waals surface area contributed by atoms with Gasteiger partial charge >= 0.3 is 0 Å². The number of β-amino-alcohol motifs (C(OH)–C–C–N with tert-alkyl or cyclic N) is 1. The number of aliphatic hydroxyl groups is 1. The first-order valence-corrected chi connectivity index (χ1v) is 4.44. The minimum Gasteiger partial charge on any atom is -0.478 e. The van der Waals surface area contributed by atoms with Crippen LogP contribution in [0.5, 0.6) is 5.75 Å². The number of benzene rings is 1. The largest absolute Gasteiger partial charge is 0.478 e. The average Bonchev–Trinajstić information content (AvgIpc) is 2.18. The smallest absolute Gasteiger partial charge is 0.142 e. The fourth-order valence-electron chi connectivity index (χ4n) is 1.51. The highest BCUT2D eigenvalue weighted by atomic mass is 16.5. The highest BCUT2D eigenvalue weighted by Crippen LogP contribution is 2.23. The molecule has 0 radical (unpaired) electrons. The van der Waals surface area contributed by atoms with E-state index >= 15 is 0 Å². The Hall–Kier alpha value is -1.06. The van der Waals surface area contributed by atoms with Gasteiger partial charge in [0.25, 0.3) is 0 Å². The molecule has 1 aliphatic rings. The van der Waals surface area contributed by atoms with Crippen molar-refractivity contribution in [2.75, 3.05) is 19.9 Å². The van der Waals surface area contributed by atoms with Crippen molar-refractivity contribution in [2.45, 2.75) is 6.54 Å². The molecule has 2 rings (SSSR count). The predicted molar refractivity (Wildman–Crippen MR) is 49.4 cm³/mol. The molecule has 0 atom stereocenters. The monoisotopic (exact) mass is 179 g/mol. The van der Waals surface area contributed by atoms with Gasteiger partial charge in [-0.1, -0.05) is 18.2 Å². The van der Waals surface area contributed by atoms with Gasteiger partial charge in [-0.3, -0.25) is 4.90 Å². The fourth-order valence-corrected chi connectivity index (χ4v) is 1.51. The number of rotatable bonds is 2. The molecule has 1 aromatic rings. The van der Waals surface area contributed by atoms with Crippen LogP contribution in [0, 0.1) is 0 Å². The molecular weight excluding hydrogens is 166 g/mol. The molecule has 0 aromatic heterocycles. The highest BCUT2D eigenvalue weighted by Gasteiger charge is 2.15. The van der Waals surface area contributed by atoms with E-state index in [4.69, 9.17) is 9.84 Å². The van der Waals surface area contributed by atoms with Gasteiger partial charge in [0.1, 0.15) is 12.5 Å². The second-order valence-corrected chi connectivity index (χ2v) is 3.16. The summed E-state index contributed by atoms with van der Waals surface area (Å²) in [5.41, 5.74) is 1.20. The summed E-state index contributed by atoms with van der Waals surface area (Å²) in [6, 6.07) is 8.01. The number of hydrogen-bond donors (Lipinski definition) is 1. The van der Waals surface area contributed by atoms with Crippen LogP contribution in [0.2, 0.25) is 0 Å². The van der Waals surface area contributed by atoms with Crippen LogP contribution < -0.4 is 4.74 Å². The molecule has 0 amide bonds. The van der Waals surface area contributed by atoms with E-state index in [0.29, 0.717) is 13.3 Å². The van der Waals surface area contributed by atoms with Gasteiger partial charge in [0.2, 0.25) is 0 Å². The zero-order valence-electron chi connectivity index (χ0n) is 7.44. The van der Waals surface area contributed by atoms with E-state index in [1.807, 2.05) is 18.2 Å². The quantitative estimate of drug-likeness (QED) is 0.730. The molecule has 13 heavy (non-hydrogen) atoms. The van der Waals surface area contributed by atoms with E-state index in [0.717, 1.165) is 12.3 Å². The Balaban J connectivity index is 2.11. The summed E-state index contributed by atoms with van der Waals surface area (Å²) in [5.74, 6) is 0.969. The third-order valence-electron chi connectivity index (χ3n) is 2.19. The molecule has 0 fully saturated rings. The molecular formula is C10H13NO2. The van der Waals surface area contributed by atoms with Crippen molar-refractivity contribution < 1.29 is 9.84 Å². The first kappa shape index (κ1) is 8.53. The van der Waals surface area contributed by atoms with Gasteiger partial charge in [-0.05, 0) is 6.07 Å². The lowest BCUT2D eigenvalue weighted by atomic mass is 10.2. The fraction of sp³-hybridized carbons (Fsp3) is 0.400. The Morgan fingerprint density at radius 3 is 3.08 bits per heavy atom. The molecule has 3 heteroatoms. The predicted octanol–water partition coefficient (Wildman–Crippen LogP) is 0.831. The first-order chi connectivity index (χ1) is 6.40. The molecule has 0 saturated carbocycles. The maximum Gasteiger partial charge on any atom is 0.142 e. The normalized spacial score (nSPS) is 16.4. The van der Waals surface area contributed by atoms with Crippen molar-refractivity contribution >= 4 is 0 Å². The van der Waals surface area contributed by atoms with E-state index < -0.39 is 0 Å². The van der Waals surface area contributed by atoms with Crippen molar-refractivity contribution in [1.29, 1.82) is 0 Å². The summed E-state index contributed by atoms with van der Waals surface area (Å²) in [6.45, 7) is 2.31. The molecule has 0 aliphatic carbocycles. The summed E-state index contributed by atoms with van der Waals surface area (Å²) in [5, 5.41) is 8.77. The van der Waals surface area contributed by atoms with Crippen molar-refractivity contribution in [3.05, 3.63) is 29.8 Å². The Labute approximate surface area is 77.6 Å². The third-order valence-corrected chi connectivity index (χ3v) is 2.19. The van der Waals surface area contributed by atoms with Gasteiger partial charge in [-0.2, -0.15) is 0 Å². The van der Waals surface area contributed by atoms with E-state index in [1.165, 1.54) is 5.56 Å². The number of nitrogens with zero attached hydrogens (tertiary/aromatic N) is 1. The minimum absolute atomic E-state index is 0.186. The van der Waals surface area contributed by atoms with E-state index in [-0.39, 0.29) is 6.61 Å². The summed E-state index contributed by atoms with van der Waals surface area (Å²) in [7, 11) is 0. The number of para-hydroxylation sites is 1. The molecule has 1 aliphatic heterocycles. The Morgan fingerprint density at radius 2 is 2.23 bits per heavy atom. The lowest BCUT2D eigenvalue weighted by Gasteiger charge is -2.28. The second-order valence-electron chi connectivity index (χ2n) is 3.16. The molecule has 0 saturated heterocycles. The summed E-state index contributed by atoms with van der Waals surface area (Å²) < 4.78 is 5.50. The van der Waals surface area contributed by atoms with E-state index in [1.54, 1.807) is 0 Å². The van der Waals surface area contributed by atoms with Crippen LogP contribution >= 0.6 is 0 Å². The van der Waals surface area contributed by atoms with Crippen molar-refractivity contribution in [3.8, 4) is 5.75 Å². The standard InChI is InChI=1S/C10H13NO2/c12-6-5-11-7-9-3-1-2-4-10(9)13-8-11/h1-4,12H,5-8H2. The third kappa shape index (κ3) is 1.82. The van der Waals surface area contributed by atoms with E-state index in [2.05, 4.69) is 11.0 Å². The average molecular weight is 179 g/mol. The number of fused-ring (bicyclic) bond motifs is 1. The molecule has 1 heterocycles. The molecule has 70 valence electrons. The Kier molecular flexibility index (Phi) is 2.47. The number of aliphatic hydroxyl groups excluding tert-OH is 1. The van der Waals surface area contributed by atoms with Crippen LogP contribution in [0.15, 0.2) is 24.3 Å². The second kappa shape index (κ2) is 3.77. The zero-order valence-corrected chi connectivity index (χ0v) is 7.44. The van der Waals surface area contributed by atoms with Crippen LogP contribution in [0.3, 0.4) is 0 Å². The van der Waals surface area contributed by atoms with Crippen LogP contribution in [0.4, 0.5) is 0 Å². The maximum absolute atomic E-state index is 8.77. The Bertz CT molecular complexity index is 288. The SMILES string of the molecule is OCCN1COc2ccccc2C1. The lowest BCUT2D eigenvalue weighted by Crippen LogP contribution is -2.33. The number of ether oxygens (including phenoxy) is 1. The summed E-state index contributed by atoms with van der Waals surface area (Å²) in [4.78, 5) is 2.07. The van der Waals surface area contributed by atoms with Crippen molar-refractivity contribution in [1.82, 2.24) is 4.90 Å². The summed E-state index contributed by atoms with van der Waals surface area (Å²) >= 11 is 0. The minimum atomic E-state index is 0.186. The zero-order chi connectivity index (χ0) is 9.10. The molecule has 1 aromatic carbocycles. The van der Waals surface area contributed by atoms with Gasteiger partial charge in [-0.15, -0.1) is 0 Å². The molecule has 0 spiro atoms. The Morgan fingerprint density at radius 1 is 1.38 bits per heavy atom. The van der Waals surface area contributed by atoms with Crippen molar-refractivity contribution in [2.24, 2.45) is 0 Å². The van der Waals surface area contributed by atoms with Crippen LogP contribution in [0.1, 0.15) is 5.56 Å². The van der Waals surface area contributed by atoms with Gasteiger partial charge in [-0.25, -0.2) is 0 Å². The van der Waals surface area contributed by atoms with Gasteiger partial charge in [0.15, 0.2) is 0 Å². The molecule has 1 N–H and O–H groups in total. The van der Waals surface area contributed by atoms with Gasteiger partial charge < -0.3 is 9.84 Å². The molecule has 0 bridgehead atoms. The number of hydrogen-bond acceptors (Lipinski definition) is 3. The van der Waals surface area contributed by atoms with E-state index in [9.17, 15) is 0 Å². The highest BCUT2D eigenvalue weighted by molar-refractivity contribution is 5.34. The summed E-state index contributed by atoms with van der Waals surface area (Å²) in [6.07, 6.45) is 0. The topological polar surface area (TPSA) is 32.7 Å². The van der Waals surface area contributed by atoms with Gasteiger partial charge in [0, 0.05) is 18.7 Å². The van der Waals surface area contributed by atoms with Crippen LogP contribution in [-0.4, -0.2) is 29.9 Å². The molecule has 0 unspecified atom stereocenters.